The monoisotopic (exact) mass is 338 g/mol. The van der Waals surface area contributed by atoms with Crippen molar-refractivity contribution in [3.8, 4) is 5.75 Å². The Morgan fingerprint density at radius 1 is 1.16 bits per heavy atom. The molecule has 0 aliphatic heterocycles. The molecular weight excluding hydrogens is 316 g/mol. The highest BCUT2D eigenvalue weighted by molar-refractivity contribution is 5.84. The third-order valence-electron chi connectivity index (χ3n) is 4.21. The highest BCUT2D eigenvalue weighted by atomic mass is 16.5. The molecule has 130 valence electrons. The second-order valence-corrected chi connectivity index (χ2v) is 5.88. The highest BCUT2D eigenvalue weighted by Gasteiger charge is 2.19. The van der Waals surface area contributed by atoms with E-state index in [9.17, 15) is 9.90 Å². The first kappa shape index (κ1) is 17.0. The summed E-state index contributed by atoms with van der Waals surface area (Å²) < 4.78 is 5.60. The molecule has 2 aromatic carbocycles. The summed E-state index contributed by atoms with van der Waals surface area (Å²) >= 11 is 0. The second kappa shape index (κ2) is 7.85. The molecule has 0 unspecified atom stereocenters. The number of H-pyrrole nitrogens is 1. The normalized spacial score (nSPS) is 12.2. The Bertz CT molecular complexity index is 857. The Morgan fingerprint density at radius 3 is 2.72 bits per heavy atom. The van der Waals surface area contributed by atoms with Gasteiger partial charge in [-0.2, -0.15) is 0 Å². The molecule has 25 heavy (non-hydrogen) atoms. The van der Waals surface area contributed by atoms with E-state index in [1.807, 2.05) is 61.7 Å². The Morgan fingerprint density at radius 2 is 1.92 bits per heavy atom. The third-order valence-corrected chi connectivity index (χ3v) is 4.21. The van der Waals surface area contributed by atoms with Crippen LogP contribution in [0.3, 0.4) is 0 Å². The van der Waals surface area contributed by atoms with Gasteiger partial charge in [0.1, 0.15) is 11.8 Å². The van der Waals surface area contributed by atoms with Crippen LogP contribution in [0.4, 0.5) is 0 Å². The van der Waals surface area contributed by atoms with Gasteiger partial charge in [-0.25, -0.2) is 0 Å². The maximum Gasteiger partial charge on any atom is 0.321 e. The molecule has 0 saturated carbocycles. The molecule has 0 radical (unpaired) electrons. The van der Waals surface area contributed by atoms with Crippen LogP contribution in [-0.2, 0) is 17.8 Å². The van der Waals surface area contributed by atoms with Gasteiger partial charge < -0.3 is 14.8 Å². The summed E-state index contributed by atoms with van der Waals surface area (Å²) in [6, 6.07) is 14.9. The topological polar surface area (TPSA) is 74.3 Å². The Labute approximate surface area is 146 Å². The van der Waals surface area contributed by atoms with Gasteiger partial charge in [-0.05, 0) is 24.6 Å². The molecule has 0 amide bonds. The van der Waals surface area contributed by atoms with Crippen LogP contribution in [0, 0.1) is 0 Å². The number of para-hydroxylation sites is 2. The Hall–Kier alpha value is -2.79. The van der Waals surface area contributed by atoms with Gasteiger partial charge in [-0.3, -0.25) is 10.1 Å². The van der Waals surface area contributed by atoms with Crippen molar-refractivity contribution in [1.82, 2.24) is 10.3 Å². The fraction of sp³-hybridized carbons (Fsp3) is 0.250. The fourth-order valence-electron chi connectivity index (χ4n) is 2.95. The first-order valence-electron chi connectivity index (χ1n) is 8.41. The molecule has 0 bridgehead atoms. The van der Waals surface area contributed by atoms with E-state index in [-0.39, 0.29) is 0 Å². The zero-order valence-electron chi connectivity index (χ0n) is 14.2. The molecule has 0 aliphatic carbocycles. The molecule has 1 aromatic heterocycles. The molecule has 0 fully saturated rings. The van der Waals surface area contributed by atoms with E-state index in [0.29, 0.717) is 19.6 Å². The lowest BCUT2D eigenvalue weighted by molar-refractivity contribution is -0.139. The number of nitrogens with one attached hydrogen (secondary N) is 2. The average molecular weight is 338 g/mol. The first-order valence-corrected chi connectivity index (χ1v) is 8.41. The number of hydrogen-bond acceptors (Lipinski definition) is 3. The highest BCUT2D eigenvalue weighted by Crippen LogP contribution is 2.20. The standard InChI is InChI=1S/C20H22N2O3/c1-2-25-19-10-6-3-7-14(19)12-22-18(20(23)24)11-15-13-21-17-9-5-4-8-16(15)17/h3-10,13,18,21-22H,2,11-12H2,1H3,(H,23,24)/t18-/m1/s1. The second-order valence-electron chi connectivity index (χ2n) is 5.88. The van der Waals surface area contributed by atoms with E-state index < -0.39 is 12.0 Å². The maximum atomic E-state index is 11.7. The van der Waals surface area contributed by atoms with Crippen molar-refractivity contribution < 1.29 is 14.6 Å². The van der Waals surface area contributed by atoms with Crippen LogP contribution >= 0.6 is 0 Å². The van der Waals surface area contributed by atoms with Crippen LogP contribution in [0.25, 0.3) is 10.9 Å². The van der Waals surface area contributed by atoms with Gasteiger partial charge in [0.25, 0.3) is 0 Å². The molecule has 1 heterocycles. The molecule has 1 atom stereocenters. The maximum absolute atomic E-state index is 11.7. The minimum Gasteiger partial charge on any atom is -0.494 e. The van der Waals surface area contributed by atoms with Gasteiger partial charge in [0.2, 0.25) is 0 Å². The summed E-state index contributed by atoms with van der Waals surface area (Å²) in [5.74, 6) is -0.0760. The van der Waals surface area contributed by atoms with E-state index in [0.717, 1.165) is 27.8 Å². The predicted octanol–water partition coefficient (Wildman–Crippen LogP) is 3.35. The van der Waals surface area contributed by atoms with Crippen molar-refractivity contribution in [2.75, 3.05) is 6.61 Å². The minimum absolute atomic E-state index is 0.413. The molecule has 0 saturated heterocycles. The molecule has 5 heteroatoms. The summed E-state index contributed by atoms with van der Waals surface area (Å²) in [5, 5.41) is 13.8. The number of carboxylic acid groups (broad SMARTS) is 1. The van der Waals surface area contributed by atoms with Crippen LogP contribution in [0.1, 0.15) is 18.1 Å². The van der Waals surface area contributed by atoms with E-state index in [2.05, 4.69) is 10.3 Å². The SMILES string of the molecule is CCOc1ccccc1CN[C@H](Cc1c[nH]c2ccccc12)C(=O)O. The zero-order chi connectivity index (χ0) is 17.6. The molecular formula is C20H22N2O3. The van der Waals surface area contributed by atoms with Gasteiger partial charge in [-0.15, -0.1) is 0 Å². The first-order chi connectivity index (χ1) is 12.2. The zero-order valence-corrected chi connectivity index (χ0v) is 14.2. The lowest BCUT2D eigenvalue weighted by Crippen LogP contribution is -2.38. The van der Waals surface area contributed by atoms with Crippen molar-refractivity contribution in [1.29, 1.82) is 0 Å². The van der Waals surface area contributed by atoms with Crippen molar-refractivity contribution in [3.05, 3.63) is 65.9 Å². The summed E-state index contributed by atoms with van der Waals surface area (Å²) in [4.78, 5) is 14.9. The number of aliphatic carboxylic acids is 1. The van der Waals surface area contributed by atoms with Crippen molar-refractivity contribution >= 4 is 16.9 Å². The van der Waals surface area contributed by atoms with Crippen molar-refractivity contribution in [2.45, 2.75) is 25.9 Å². The van der Waals surface area contributed by atoms with Crippen LogP contribution in [0.15, 0.2) is 54.7 Å². The molecule has 0 aliphatic rings. The van der Waals surface area contributed by atoms with Crippen LogP contribution in [0.5, 0.6) is 5.75 Å². The number of aromatic nitrogens is 1. The predicted molar refractivity (Wildman–Crippen MR) is 97.9 cm³/mol. The number of benzene rings is 2. The van der Waals surface area contributed by atoms with Crippen LogP contribution < -0.4 is 10.1 Å². The summed E-state index contributed by atoms with van der Waals surface area (Å²) in [7, 11) is 0. The minimum atomic E-state index is -0.862. The molecule has 3 aromatic rings. The molecule has 5 nitrogen and oxygen atoms in total. The van der Waals surface area contributed by atoms with E-state index in [1.54, 1.807) is 0 Å². The average Bonchev–Trinajstić information content (AvgIpc) is 3.03. The van der Waals surface area contributed by atoms with Crippen molar-refractivity contribution in [3.63, 3.8) is 0 Å². The van der Waals surface area contributed by atoms with Gasteiger partial charge in [0.15, 0.2) is 0 Å². The lowest BCUT2D eigenvalue weighted by atomic mass is 10.0. The van der Waals surface area contributed by atoms with Gasteiger partial charge >= 0.3 is 5.97 Å². The molecule has 3 N–H and O–H groups in total. The quantitative estimate of drug-likeness (QED) is 0.589. The van der Waals surface area contributed by atoms with E-state index in [1.165, 1.54) is 0 Å². The van der Waals surface area contributed by atoms with Crippen LogP contribution in [-0.4, -0.2) is 28.7 Å². The molecule has 3 rings (SSSR count). The smallest absolute Gasteiger partial charge is 0.321 e. The summed E-state index contributed by atoms with van der Waals surface area (Å²) in [6.07, 6.45) is 2.30. The summed E-state index contributed by atoms with van der Waals surface area (Å²) in [6.45, 7) is 2.95. The van der Waals surface area contributed by atoms with Gasteiger partial charge in [0.05, 0.1) is 6.61 Å². The largest absolute Gasteiger partial charge is 0.494 e. The Kier molecular flexibility index (Phi) is 5.36. The van der Waals surface area contributed by atoms with E-state index in [4.69, 9.17) is 4.74 Å². The number of aromatic amines is 1. The van der Waals surface area contributed by atoms with E-state index >= 15 is 0 Å². The number of hydrogen-bond donors (Lipinski definition) is 3. The third kappa shape index (κ3) is 4.00. The Balaban J connectivity index is 1.73. The number of rotatable bonds is 8. The van der Waals surface area contributed by atoms with Gasteiger partial charge in [0, 0.05) is 35.6 Å². The summed E-state index contributed by atoms with van der Waals surface area (Å²) in [5.41, 5.74) is 2.96. The lowest BCUT2D eigenvalue weighted by Gasteiger charge is -2.16. The number of carboxylic acids is 1. The van der Waals surface area contributed by atoms with Crippen molar-refractivity contribution in [2.24, 2.45) is 0 Å². The fourth-order valence-corrected chi connectivity index (χ4v) is 2.95. The number of ether oxygens (including phenoxy) is 1. The molecule has 0 spiro atoms. The van der Waals surface area contributed by atoms with Gasteiger partial charge in [-0.1, -0.05) is 36.4 Å². The number of carbonyl (C=O) groups is 1. The number of fused-ring (bicyclic) bond motifs is 1. The van der Waals surface area contributed by atoms with Crippen LogP contribution in [0.2, 0.25) is 0 Å².